The van der Waals surface area contributed by atoms with Crippen molar-refractivity contribution in [3.05, 3.63) is 58.7 Å². The van der Waals surface area contributed by atoms with Crippen molar-refractivity contribution in [3.63, 3.8) is 0 Å². The Labute approximate surface area is 164 Å². The van der Waals surface area contributed by atoms with Crippen molar-refractivity contribution >= 4 is 11.4 Å². The van der Waals surface area contributed by atoms with Crippen LogP contribution in [0.25, 0.3) is 0 Å². The first-order valence-electron chi connectivity index (χ1n) is 7.53. The lowest BCUT2D eigenvalue weighted by atomic mass is 10.1. The quantitative estimate of drug-likeness (QED) is 0.524. The van der Waals surface area contributed by atoms with Crippen LogP contribution in [0.2, 0.25) is 0 Å². The van der Waals surface area contributed by atoms with Gasteiger partial charge in [0, 0.05) is 11.1 Å². The molecule has 2 aromatic rings. The van der Waals surface area contributed by atoms with E-state index in [-0.39, 0.29) is 0 Å². The topological polar surface area (TPSA) is 35.5 Å². The van der Waals surface area contributed by atoms with Crippen LogP contribution in [-0.2, 0) is 24.2 Å². The molecule has 0 heterocycles. The Hall–Kier alpha value is -2.51. The molecule has 2 rings (SSSR count). The molecule has 2 aromatic carbocycles. The second-order valence-corrected chi connectivity index (χ2v) is 6.40. The molecule has 14 heteroatoms. The van der Waals surface area contributed by atoms with E-state index in [2.05, 4.69) is 8.37 Å². The summed E-state index contributed by atoms with van der Waals surface area (Å²) >= 11 is -3.17. The van der Waals surface area contributed by atoms with Crippen molar-refractivity contribution in [1.29, 1.82) is 0 Å². The lowest BCUT2D eigenvalue weighted by Gasteiger charge is -2.12. The summed E-state index contributed by atoms with van der Waals surface area (Å²) in [5, 5.41) is 0. The van der Waals surface area contributed by atoms with E-state index >= 15 is 0 Å². The fraction of sp³-hybridized carbons (Fsp3) is 0.250. The molecule has 0 fully saturated rings. The number of hydrogen-bond acceptors (Lipinski definition) is 3. The van der Waals surface area contributed by atoms with Gasteiger partial charge in [-0.1, -0.05) is 12.1 Å². The minimum absolute atomic E-state index is 0.490. The number of hydrogen-bond donors (Lipinski definition) is 0. The van der Waals surface area contributed by atoms with E-state index in [1.807, 2.05) is 0 Å². The molecule has 0 radical (unpaired) electrons. The van der Waals surface area contributed by atoms with Gasteiger partial charge in [-0.15, -0.1) is 0 Å². The summed E-state index contributed by atoms with van der Waals surface area (Å²) in [6, 6.07) is 1.96. The number of benzene rings is 2. The van der Waals surface area contributed by atoms with Crippen molar-refractivity contribution in [1.82, 2.24) is 0 Å². The predicted molar refractivity (Wildman–Crippen MR) is 81.6 cm³/mol. The molecule has 0 unspecified atom stereocenters. The maximum atomic E-state index is 13.8. The summed E-state index contributed by atoms with van der Waals surface area (Å²) < 4.78 is 149. The fourth-order valence-corrected chi connectivity index (χ4v) is 2.73. The molecule has 0 amide bonds. The van der Waals surface area contributed by atoms with Crippen molar-refractivity contribution in [2.24, 2.45) is 0 Å². The Morgan fingerprint density at radius 2 is 0.967 bits per heavy atom. The molecular weight excluding hydrogens is 462 g/mol. The van der Waals surface area contributed by atoms with Gasteiger partial charge in [-0.2, -0.15) is 39.3 Å². The van der Waals surface area contributed by atoms with Gasteiger partial charge < -0.3 is 8.37 Å². The molecule has 0 aliphatic carbocycles. The van der Waals surface area contributed by atoms with E-state index in [9.17, 15) is 48.1 Å². The fourth-order valence-electron chi connectivity index (χ4n) is 2.14. The summed E-state index contributed by atoms with van der Waals surface area (Å²) in [6.07, 6.45) is -13.3. The van der Waals surface area contributed by atoms with Gasteiger partial charge in [-0.25, -0.2) is 8.78 Å². The standard InChI is InChI=1S/C16H8F10O3S/c17-11-7(5-15(21,22)23)1-3-9(13(11)19)28-30(27)29-10-4-2-8(6-16(24,25)26)12(18)14(10)20/h1-4H,5-6H2. The van der Waals surface area contributed by atoms with Gasteiger partial charge in [0.2, 0.25) is 11.6 Å². The van der Waals surface area contributed by atoms with Gasteiger partial charge in [0.1, 0.15) is 0 Å². The van der Waals surface area contributed by atoms with Crippen LogP contribution < -0.4 is 8.37 Å². The largest absolute Gasteiger partial charge is 0.417 e. The van der Waals surface area contributed by atoms with Gasteiger partial charge >= 0.3 is 23.7 Å². The molecular formula is C16H8F10O3S. The molecule has 0 N–H and O–H groups in total. The molecule has 0 aliphatic heterocycles. The van der Waals surface area contributed by atoms with Crippen LogP contribution in [0.3, 0.4) is 0 Å². The predicted octanol–water partition coefficient (Wildman–Crippen LogP) is 5.49. The first-order valence-corrected chi connectivity index (χ1v) is 8.53. The molecule has 0 spiro atoms. The van der Waals surface area contributed by atoms with Crippen LogP contribution in [0.15, 0.2) is 24.3 Å². The average molecular weight is 470 g/mol. The SMILES string of the molecule is O=S(Oc1ccc(CC(F)(F)F)c(F)c1F)Oc1ccc(CC(F)(F)F)c(F)c1F. The summed E-state index contributed by atoms with van der Waals surface area (Å²) in [7, 11) is 0. The van der Waals surface area contributed by atoms with E-state index < -0.39 is 82.5 Å². The second kappa shape index (κ2) is 8.70. The van der Waals surface area contributed by atoms with E-state index in [1.54, 1.807) is 0 Å². The lowest BCUT2D eigenvalue weighted by molar-refractivity contribution is -0.128. The zero-order valence-corrected chi connectivity index (χ0v) is 15.0. The van der Waals surface area contributed by atoms with Gasteiger partial charge in [0.15, 0.2) is 23.1 Å². The van der Waals surface area contributed by atoms with E-state index in [0.29, 0.717) is 24.3 Å². The molecule has 30 heavy (non-hydrogen) atoms. The van der Waals surface area contributed by atoms with Gasteiger partial charge in [0.05, 0.1) is 12.8 Å². The van der Waals surface area contributed by atoms with Crippen LogP contribution in [0.4, 0.5) is 43.9 Å². The van der Waals surface area contributed by atoms with E-state index in [1.165, 1.54) is 0 Å². The summed E-state index contributed by atoms with van der Waals surface area (Å²) in [6.45, 7) is 0. The Balaban J connectivity index is 2.16. The Kier molecular flexibility index (Phi) is 6.89. The van der Waals surface area contributed by atoms with Crippen molar-refractivity contribution in [3.8, 4) is 11.5 Å². The van der Waals surface area contributed by atoms with E-state index in [0.717, 1.165) is 0 Å². The van der Waals surface area contributed by atoms with Crippen LogP contribution in [0.1, 0.15) is 11.1 Å². The molecule has 0 saturated carbocycles. The van der Waals surface area contributed by atoms with Crippen LogP contribution in [0.5, 0.6) is 11.5 Å². The summed E-state index contributed by atoms with van der Waals surface area (Å²) in [5.74, 6) is -10.2. The highest BCUT2D eigenvalue weighted by Crippen LogP contribution is 2.31. The monoisotopic (exact) mass is 470 g/mol. The lowest BCUT2D eigenvalue weighted by Crippen LogP contribution is -2.15. The molecule has 0 saturated heterocycles. The highest BCUT2D eigenvalue weighted by molar-refractivity contribution is 7.75. The third kappa shape index (κ3) is 6.24. The minimum atomic E-state index is -4.85. The first-order chi connectivity index (χ1) is 13.7. The van der Waals surface area contributed by atoms with Gasteiger partial charge in [-0.3, -0.25) is 0 Å². The average Bonchev–Trinajstić information content (AvgIpc) is 2.59. The van der Waals surface area contributed by atoms with Crippen LogP contribution in [-0.4, -0.2) is 16.6 Å². The number of halogens is 10. The van der Waals surface area contributed by atoms with Crippen LogP contribution >= 0.6 is 0 Å². The summed E-state index contributed by atoms with van der Waals surface area (Å²) in [5.41, 5.74) is -2.15. The van der Waals surface area contributed by atoms with Crippen LogP contribution in [0, 0.1) is 23.3 Å². The normalized spacial score (nSPS) is 12.4. The van der Waals surface area contributed by atoms with Gasteiger partial charge in [-0.05, 0) is 12.1 Å². The minimum Gasteiger partial charge on any atom is -0.368 e. The van der Waals surface area contributed by atoms with Crippen molar-refractivity contribution in [2.45, 2.75) is 25.2 Å². The highest BCUT2D eigenvalue weighted by atomic mass is 32.2. The zero-order chi connectivity index (χ0) is 22.9. The Bertz CT molecular complexity index is 880. The van der Waals surface area contributed by atoms with Gasteiger partial charge in [0.25, 0.3) is 0 Å². The first kappa shape index (κ1) is 23.8. The maximum absolute atomic E-state index is 13.8. The maximum Gasteiger partial charge on any atom is 0.417 e. The third-order valence-electron chi connectivity index (χ3n) is 3.35. The third-order valence-corrected chi connectivity index (χ3v) is 3.98. The second-order valence-electron chi connectivity index (χ2n) is 5.66. The number of rotatable bonds is 6. The number of alkyl halides is 6. The van der Waals surface area contributed by atoms with Crippen molar-refractivity contribution in [2.75, 3.05) is 0 Å². The molecule has 0 aliphatic rings. The summed E-state index contributed by atoms with van der Waals surface area (Å²) in [4.78, 5) is 0. The molecule has 0 atom stereocenters. The molecule has 3 nitrogen and oxygen atoms in total. The van der Waals surface area contributed by atoms with Crippen molar-refractivity contribution < 1.29 is 56.5 Å². The Morgan fingerprint density at radius 3 is 1.27 bits per heavy atom. The molecule has 166 valence electrons. The zero-order valence-electron chi connectivity index (χ0n) is 14.1. The smallest absolute Gasteiger partial charge is 0.368 e. The molecule has 0 aromatic heterocycles. The highest BCUT2D eigenvalue weighted by Gasteiger charge is 2.32. The molecule has 0 bridgehead atoms. The van der Waals surface area contributed by atoms with E-state index in [4.69, 9.17) is 0 Å². The Morgan fingerprint density at radius 1 is 0.633 bits per heavy atom.